The van der Waals surface area contributed by atoms with E-state index in [1.54, 1.807) is 0 Å². The van der Waals surface area contributed by atoms with Crippen LogP contribution in [0, 0.1) is 13.8 Å². The second kappa shape index (κ2) is 5.90. The molecule has 2 aromatic rings. The third kappa shape index (κ3) is 2.68. The summed E-state index contributed by atoms with van der Waals surface area (Å²) in [7, 11) is 2.03. The van der Waals surface area contributed by atoms with Crippen LogP contribution in [0.4, 0.5) is 0 Å². The Morgan fingerprint density at radius 1 is 1.10 bits per heavy atom. The monoisotopic (exact) mass is 281 g/mol. The van der Waals surface area contributed by atoms with Gasteiger partial charge in [-0.3, -0.25) is 0 Å². The summed E-state index contributed by atoms with van der Waals surface area (Å²) >= 11 is 0. The van der Waals surface area contributed by atoms with Gasteiger partial charge in [-0.05, 0) is 67.6 Å². The predicted octanol–water partition coefficient (Wildman–Crippen LogP) is 3.94. The van der Waals surface area contributed by atoms with Crippen LogP contribution in [-0.4, -0.2) is 13.7 Å². The van der Waals surface area contributed by atoms with Crippen molar-refractivity contribution in [3.63, 3.8) is 0 Å². The highest BCUT2D eigenvalue weighted by Gasteiger charge is 2.19. The lowest BCUT2D eigenvalue weighted by atomic mass is 9.90. The van der Waals surface area contributed by atoms with Gasteiger partial charge in [-0.1, -0.05) is 30.3 Å². The first-order chi connectivity index (χ1) is 10.2. The number of aryl methyl sites for hydroxylation is 3. The van der Waals surface area contributed by atoms with E-state index in [0.29, 0.717) is 0 Å². The Kier molecular flexibility index (Phi) is 3.98. The van der Waals surface area contributed by atoms with Gasteiger partial charge in [-0.15, -0.1) is 0 Å². The highest BCUT2D eigenvalue weighted by Crippen LogP contribution is 2.32. The first kappa shape index (κ1) is 14.2. The Bertz CT molecular complexity index is 628. The van der Waals surface area contributed by atoms with Gasteiger partial charge >= 0.3 is 0 Å². The van der Waals surface area contributed by atoms with Crippen LogP contribution in [0.2, 0.25) is 0 Å². The van der Waals surface area contributed by atoms with Crippen LogP contribution < -0.4 is 10.1 Å². The summed E-state index contributed by atoms with van der Waals surface area (Å²) in [5, 5.41) is 3.48. The van der Waals surface area contributed by atoms with E-state index < -0.39 is 0 Å². The molecule has 0 spiro atoms. The molecular formula is C19H23NO. The summed E-state index contributed by atoms with van der Waals surface area (Å²) in [4.78, 5) is 0. The van der Waals surface area contributed by atoms with E-state index in [1.807, 2.05) is 7.05 Å². The van der Waals surface area contributed by atoms with Gasteiger partial charge < -0.3 is 10.1 Å². The quantitative estimate of drug-likeness (QED) is 0.920. The third-order valence-electron chi connectivity index (χ3n) is 4.39. The molecule has 1 N–H and O–H groups in total. The van der Waals surface area contributed by atoms with Gasteiger partial charge in [0.2, 0.25) is 0 Å². The lowest BCUT2D eigenvalue weighted by Crippen LogP contribution is -2.20. The highest BCUT2D eigenvalue weighted by atomic mass is 16.5. The zero-order valence-electron chi connectivity index (χ0n) is 13.1. The maximum atomic E-state index is 5.72. The average Bonchev–Trinajstić information content (AvgIpc) is 2.50. The fourth-order valence-corrected chi connectivity index (χ4v) is 3.32. The zero-order chi connectivity index (χ0) is 14.8. The Balaban J connectivity index is 2.04. The second-order valence-electron chi connectivity index (χ2n) is 5.85. The third-order valence-corrected chi connectivity index (χ3v) is 4.39. The number of benzene rings is 2. The molecule has 1 unspecified atom stereocenters. The van der Waals surface area contributed by atoms with Crippen LogP contribution in [0.3, 0.4) is 0 Å². The van der Waals surface area contributed by atoms with Gasteiger partial charge in [0.25, 0.3) is 0 Å². The number of fused-ring (bicyclic) bond motifs is 1. The molecule has 0 amide bonds. The number of nitrogens with one attached hydrogen (secondary N) is 1. The molecule has 0 saturated carbocycles. The lowest BCUT2D eigenvalue weighted by molar-refractivity contribution is 0.288. The van der Waals surface area contributed by atoms with Crippen molar-refractivity contribution in [2.24, 2.45) is 0 Å². The summed E-state index contributed by atoms with van der Waals surface area (Å²) in [6.07, 6.45) is 2.23. The van der Waals surface area contributed by atoms with Crippen LogP contribution in [0.1, 0.15) is 40.3 Å². The topological polar surface area (TPSA) is 21.3 Å². The molecule has 0 bridgehead atoms. The molecule has 2 heteroatoms. The molecule has 1 aliphatic heterocycles. The smallest absolute Gasteiger partial charge is 0.122 e. The van der Waals surface area contributed by atoms with Crippen LogP contribution in [0.25, 0.3) is 0 Å². The summed E-state index contributed by atoms with van der Waals surface area (Å²) in [5.74, 6) is 1.06. The van der Waals surface area contributed by atoms with E-state index in [2.05, 4.69) is 55.6 Å². The van der Waals surface area contributed by atoms with Crippen molar-refractivity contribution >= 4 is 0 Å². The van der Waals surface area contributed by atoms with E-state index in [-0.39, 0.29) is 6.04 Å². The van der Waals surface area contributed by atoms with Crippen LogP contribution in [0.15, 0.2) is 36.4 Å². The van der Waals surface area contributed by atoms with Crippen molar-refractivity contribution in [2.75, 3.05) is 13.7 Å². The molecule has 2 nitrogen and oxygen atoms in total. The minimum absolute atomic E-state index is 0.235. The second-order valence-corrected chi connectivity index (χ2v) is 5.85. The minimum atomic E-state index is 0.235. The number of hydrogen-bond donors (Lipinski definition) is 1. The standard InChI is InChI=1S/C19H23NO/c1-13-6-4-7-14(2)18(13)19(20-3)16-9-10-17-15(12-16)8-5-11-21-17/h4,6-7,9-10,12,19-20H,5,8,11H2,1-3H3. The molecular weight excluding hydrogens is 258 g/mol. The first-order valence-electron chi connectivity index (χ1n) is 7.69. The number of rotatable bonds is 3. The van der Waals surface area contributed by atoms with E-state index in [4.69, 9.17) is 4.74 Å². The molecule has 1 aliphatic rings. The molecule has 0 aliphatic carbocycles. The van der Waals surface area contributed by atoms with Gasteiger partial charge in [0.05, 0.1) is 12.6 Å². The molecule has 1 heterocycles. The summed E-state index contributed by atoms with van der Waals surface area (Å²) < 4.78 is 5.72. The van der Waals surface area contributed by atoms with Crippen LogP contribution in [-0.2, 0) is 6.42 Å². The van der Waals surface area contributed by atoms with Crippen molar-refractivity contribution in [2.45, 2.75) is 32.7 Å². The summed E-state index contributed by atoms with van der Waals surface area (Å²) in [6, 6.07) is 13.4. The first-order valence-corrected chi connectivity index (χ1v) is 7.69. The largest absolute Gasteiger partial charge is 0.493 e. The summed E-state index contributed by atoms with van der Waals surface area (Å²) in [6.45, 7) is 5.22. The Labute approximate surface area is 127 Å². The number of hydrogen-bond acceptors (Lipinski definition) is 2. The van der Waals surface area contributed by atoms with E-state index >= 15 is 0 Å². The minimum Gasteiger partial charge on any atom is -0.493 e. The van der Waals surface area contributed by atoms with Crippen molar-refractivity contribution in [3.8, 4) is 5.75 Å². The van der Waals surface area contributed by atoms with Gasteiger partial charge in [-0.25, -0.2) is 0 Å². The molecule has 110 valence electrons. The molecule has 2 aromatic carbocycles. The molecule has 1 atom stereocenters. The molecule has 0 aromatic heterocycles. The fraction of sp³-hybridized carbons (Fsp3) is 0.368. The average molecular weight is 281 g/mol. The molecule has 21 heavy (non-hydrogen) atoms. The maximum absolute atomic E-state index is 5.72. The van der Waals surface area contributed by atoms with Gasteiger partial charge in [0.1, 0.15) is 5.75 Å². The zero-order valence-corrected chi connectivity index (χ0v) is 13.1. The van der Waals surface area contributed by atoms with Crippen molar-refractivity contribution in [1.82, 2.24) is 5.32 Å². The molecule has 3 rings (SSSR count). The van der Waals surface area contributed by atoms with Crippen molar-refractivity contribution < 1.29 is 4.74 Å². The lowest BCUT2D eigenvalue weighted by Gasteiger charge is -2.24. The van der Waals surface area contributed by atoms with Crippen LogP contribution >= 0.6 is 0 Å². The maximum Gasteiger partial charge on any atom is 0.122 e. The molecule has 0 fully saturated rings. The van der Waals surface area contributed by atoms with Crippen molar-refractivity contribution in [3.05, 3.63) is 64.2 Å². The molecule has 0 saturated heterocycles. The van der Waals surface area contributed by atoms with Crippen molar-refractivity contribution in [1.29, 1.82) is 0 Å². The Morgan fingerprint density at radius 2 is 1.86 bits per heavy atom. The fourth-order valence-electron chi connectivity index (χ4n) is 3.32. The Hall–Kier alpha value is -1.80. The van der Waals surface area contributed by atoms with E-state index in [9.17, 15) is 0 Å². The SMILES string of the molecule is CNC(c1ccc2c(c1)CCCO2)c1c(C)cccc1C. The normalized spacial score (nSPS) is 15.2. The molecule has 0 radical (unpaired) electrons. The van der Waals surface area contributed by atoms with Gasteiger partial charge in [0.15, 0.2) is 0 Å². The van der Waals surface area contributed by atoms with Crippen LogP contribution in [0.5, 0.6) is 5.75 Å². The Morgan fingerprint density at radius 3 is 2.57 bits per heavy atom. The van der Waals surface area contributed by atoms with Gasteiger partial charge in [-0.2, -0.15) is 0 Å². The summed E-state index contributed by atoms with van der Waals surface area (Å²) in [5.41, 5.74) is 6.72. The highest BCUT2D eigenvalue weighted by molar-refractivity contribution is 5.46. The number of ether oxygens (including phenoxy) is 1. The van der Waals surface area contributed by atoms with Gasteiger partial charge in [0, 0.05) is 0 Å². The van der Waals surface area contributed by atoms with E-state index in [1.165, 1.54) is 27.8 Å². The van der Waals surface area contributed by atoms with E-state index in [0.717, 1.165) is 25.2 Å². The predicted molar refractivity (Wildman–Crippen MR) is 87.1 cm³/mol.